The van der Waals surface area contributed by atoms with Crippen molar-refractivity contribution in [2.75, 3.05) is 19.8 Å². The van der Waals surface area contributed by atoms with Gasteiger partial charge in [-0.1, -0.05) is 0 Å². The van der Waals surface area contributed by atoms with Crippen LogP contribution in [0.4, 0.5) is 0 Å². The van der Waals surface area contributed by atoms with Crippen molar-refractivity contribution in [3.05, 3.63) is 22.4 Å². The number of ether oxygens (including phenoxy) is 1. The van der Waals surface area contributed by atoms with Gasteiger partial charge in [-0.3, -0.25) is 4.98 Å². The van der Waals surface area contributed by atoms with Gasteiger partial charge >= 0.3 is 0 Å². The molecule has 0 bridgehead atoms. The van der Waals surface area contributed by atoms with E-state index in [9.17, 15) is 10.2 Å². The first-order valence-corrected chi connectivity index (χ1v) is 6.23. The van der Waals surface area contributed by atoms with Crippen LogP contribution < -0.4 is 5.32 Å². The molecule has 1 fully saturated rings. The molecule has 1 aromatic heterocycles. The van der Waals surface area contributed by atoms with Gasteiger partial charge in [0.1, 0.15) is 11.4 Å². The minimum atomic E-state index is -0.787. The van der Waals surface area contributed by atoms with E-state index >= 15 is 0 Å². The molecule has 2 rings (SSSR count). The summed E-state index contributed by atoms with van der Waals surface area (Å²) in [6.07, 6.45) is 2.27. The number of nitrogens with zero attached hydrogens (tertiary/aromatic N) is 1. The fourth-order valence-electron chi connectivity index (χ4n) is 1.74. The molecule has 2 heterocycles. The van der Waals surface area contributed by atoms with Gasteiger partial charge in [0, 0.05) is 36.8 Å². The molecule has 94 valence electrons. The number of rotatable bonds is 4. The minimum Gasteiger partial charge on any atom is -0.506 e. The van der Waals surface area contributed by atoms with Gasteiger partial charge < -0.3 is 20.3 Å². The van der Waals surface area contributed by atoms with Crippen molar-refractivity contribution < 1.29 is 14.9 Å². The monoisotopic (exact) mass is 302 g/mol. The molecule has 0 radical (unpaired) electrons. The molecule has 1 aliphatic heterocycles. The van der Waals surface area contributed by atoms with Crippen LogP contribution in [0.5, 0.6) is 5.75 Å². The summed E-state index contributed by atoms with van der Waals surface area (Å²) in [4.78, 5) is 4.09. The Hall–Kier alpha value is -0.690. The van der Waals surface area contributed by atoms with Crippen molar-refractivity contribution in [3.63, 3.8) is 0 Å². The maximum atomic E-state index is 10.0. The van der Waals surface area contributed by atoms with Crippen LogP contribution in [-0.4, -0.2) is 40.6 Å². The van der Waals surface area contributed by atoms with Gasteiger partial charge in [-0.15, -0.1) is 0 Å². The molecule has 1 aromatic rings. The van der Waals surface area contributed by atoms with E-state index < -0.39 is 5.60 Å². The molecule has 1 atom stereocenters. The summed E-state index contributed by atoms with van der Waals surface area (Å²) in [6, 6.07) is 1.59. The Morgan fingerprint density at radius 3 is 3.06 bits per heavy atom. The molecule has 3 N–H and O–H groups in total. The Bertz CT molecular complexity index is 394. The van der Waals surface area contributed by atoms with Crippen molar-refractivity contribution in [1.29, 1.82) is 0 Å². The van der Waals surface area contributed by atoms with Crippen molar-refractivity contribution in [3.8, 4) is 5.75 Å². The number of aromatic nitrogens is 1. The van der Waals surface area contributed by atoms with Gasteiger partial charge in [0.2, 0.25) is 0 Å². The Kier molecular flexibility index (Phi) is 3.98. The normalized spacial score (nSPS) is 24.1. The summed E-state index contributed by atoms with van der Waals surface area (Å²) in [7, 11) is 0. The summed E-state index contributed by atoms with van der Waals surface area (Å²) in [6.45, 7) is 1.81. The third kappa shape index (κ3) is 3.38. The van der Waals surface area contributed by atoms with Crippen molar-refractivity contribution in [2.24, 2.45) is 0 Å². The van der Waals surface area contributed by atoms with Crippen molar-refractivity contribution in [1.82, 2.24) is 10.3 Å². The zero-order valence-electron chi connectivity index (χ0n) is 9.32. The van der Waals surface area contributed by atoms with Crippen LogP contribution in [0, 0.1) is 0 Å². The number of nitrogens with one attached hydrogen (secondary N) is 1. The molecule has 17 heavy (non-hydrogen) atoms. The number of pyridine rings is 1. The van der Waals surface area contributed by atoms with Crippen molar-refractivity contribution >= 4 is 15.9 Å². The number of aromatic hydroxyl groups is 1. The van der Waals surface area contributed by atoms with Gasteiger partial charge in [-0.2, -0.15) is 0 Å². The molecular formula is C11H15BrN2O3. The first-order valence-electron chi connectivity index (χ1n) is 5.43. The van der Waals surface area contributed by atoms with Crippen LogP contribution in [0.15, 0.2) is 16.7 Å². The maximum Gasteiger partial charge on any atom is 0.139 e. The van der Waals surface area contributed by atoms with E-state index in [1.54, 1.807) is 12.3 Å². The molecular weight excluding hydrogens is 288 g/mol. The number of hydrogen-bond donors (Lipinski definition) is 3. The van der Waals surface area contributed by atoms with Gasteiger partial charge in [0.25, 0.3) is 0 Å². The fraction of sp³-hybridized carbons (Fsp3) is 0.545. The highest BCUT2D eigenvalue weighted by molar-refractivity contribution is 9.10. The second-order valence-electron chi connectivity index (χ2n) is 4.25. The third-order valence-corrected chi connectivity index (χ3v) is 3.18. The van der Waals surface area contributed by atoms with Crippen LogP contribution in [0.3, 0.4) is 0 Å². The first kappa shape index (κ1) is 12.8. The zero-order valence-corrected chi connectivity index (χ0v) is 10.9. The third-order valence-electron chi connectivity index (χ3n) is 2.74. The van der Waals surface area contributed by atoms with E-state index in [1.165, 1.54) is 0 Å². The summed E-state index contributed by atoms with van der Waals surface area (Å²) in [5.41, 5.74) is -0.221. The quantitative estimate of drug-likeness (QED) is 0.767. The molecule has 1 unspecified atom stereocenters. The zero-order chi connectivity index (χ0) is 12.3. The fourth-order valence-corrected chi connectivity index (χ4v) is 2.06. The summed E-state index contributed by atoms with van der Waals surface area (Å²) < 4.78 is 5.88. The number of halogens is 1. The Morgan fingerprint density at radius 1 is 1.59 bits per heavy atom. The largest absolute Gasteiger partial charge is 0.506 e. The second-order valence-corrected chi connectivity index (χ2v) is 5.17. The maximum absolute atomic E-state index is 10.0. The lowest BCUT2D eigenvalue weighted by Gasteiger charge is -2.20. The Labute approximate surface area is 108 Å². The molecule has 0 spiro atoms. The average Bonchev–Trinajstić information content (AvgIpc) is 2.69. The lowest BCUT2D eigenvalue weighted by molar-refractivity contribution is 0.0267. The highest BCUT2D eigenvalue weighted by Crippen LogP contribution is 2.20. The van der Waals surface area contributed by atoms with E-state index in [-0.39, 0.29) is 5.75 Å². The average molecular weight is 303 g/mol. The standard InChI is InChI=1S/C11H15BrN2O3/c12-8-3-10(15)9(14-4-8)5-13-6-11(16)1-2-17-7-11/h3-4,13,15-16H,1-2,5-7H2. The first-order chi connectivity index (χ1) is 8.09. The highest BCUT2D eigenvalue weighted by atomic mass is 79.9. The molecule has 0 aromatic carbocycles. The van der Waals surface area contributed by atoms with Crippen LogP contribution >= 0.6 is 15.9 Å². The number of aliphatic hydroxyl groups is 1. The van der Waals surface area contributed by atoms with Crippen LogP contribution in [0.2, 0.25) is 0 Å². The van der Waals surface area contributed by atoms with Gasteiger partial charge in [-0.05, 0) is 22.0 Å². The Balaban J connectivity index is 1.85. The molecule has 6 heteroatoms. The predicted molar refractivity (Wildman–Crippen MR) is 65.7 cm³/mol. The summed E-state index contributed by atoms with van der Waals surface area (Å²) in [5, 5.41) is 22.7. The van der Waals surface area contributed by atoms with Gasteiger partial charge in [-0.25, -0.2) is 0 Å². The van der Waals surface area contributed by atoms with Crippen LogP contribution in [-0.2, 0) is 11.3 Å². The highest BCUT2D eigenvalue weighted by Gasteiger charge is 2.31. The van der Waals surface area contributed by atoms with Crippen molar-refractivity contribution in [2.45, 2.75) is 18.6 Å². The lowest BCUT2D eigenvalue weighted by atomic mass is 10.0. The second kappa shape index (κ2) is 5.30. The van der Waals surface area contributed by atoms with Gasteiger partial charge in [0.15, 0.2) is 0 Å². The lowest BCUT2D eigenvalue weighted by Crippen LogP contribution is -2.40. The van der Waals surface area contributed by atoms with E-state index in [4.69, 9.17) is 4.74 Å². The van der Waals surface area contributed by atoms with Crippen LogP contribution in [0.25, 0.3) is 0 Å². The molecule has 0 amide bonds. The topological polar surface area (TPSA) is 74.6 Å². The molecule has 1 saturated heterocycles. The van der Waals surface area contributed by atoms with E-state index in [2.05, 4.69) is 26.2 Å². The SMILES string of the molecule is Oc1cc(Br)cnc1CNCC1(O)CCOC1. The predicted octanol–water partition coefficient (Wildman–Crippen LogP) is 0.791. The van der Waals surface area contributed by atoms with E-state index in [1.807, 2.05) is 0 Å². The van der Waals surface area contributed by atoms with Crippen LogP contribution in [0.1, 0.15) is 12.1 Å². The summed E-state index contributed by atoms with van der Waals surface area (Å²) in [5.74, 6) is 0.140. The molecule has 0 saturated carbocycles. The molecule has 5 nitrogen and oxygen atoms in total. The molecule has 1 aliphatic rings. The minimum absolute atomic E-state index is 0.140. The summed E-state index contributed by atoms with van der Waals surface area (Å²) >= 11 is 3.23. The molecule has 0 aliphatic carbocycles. The van der Waals surface area contributed by atoms with Gasteiger partial charge in [0.05, 0.1) is 12.3 Å². The van der Waals surface area contributed by atoms with E-state index in [0.717, 1.165) is 4.47 Å². The smallest absolute Gasteiger partial charge is 0.139 e. The number of hydrogen-bond acceptors (Lipinski definition) is 5. The Morgan fingerprint density at radius 2 is 2.41 bits per heavy atom. The van der Waals surface area contributed by atoms with E-state index in [0.29, 0.717) is 38.4 Å².